The van der Waals surface area contributed by atoms with E-state index in [1.165, 1.54) is 24.2 Å². The topological polar surface area (TPSA) is 54.0 Å². The summed E-state index contributed by atoms with van der Waals surface area (Å²) in [6.07, 6.45) is 2.37. The van der Waals surface area contributed by atoms with Crippen LogP contribution in [0.2, 0.25) is 0 Å². The van der Waals surface area contributed by atoms with Crippen molar-refractivity contribution in [3.63, 3.8) is 0 Å². The summed E-state index contributed by atoms with van der Waals surface area (Å²) in [5.41, 5.74) is 1.79. The molecule has 0 bridgehead atoms. The molecule has 1 aromatic carbocycles. The van der Waals surface area contributed by atoms with Crippen molar-refractivity contribution in [2.24, 2.45) is 5.92 Å². The van der Waals surface area contributed by atoms with Gasteiger partial charge in [-0.05, 0) is 38.8 Å². The first-order valence-electron chi connectivity index (χ1n) is 7.76. The minimum atomic E-state index is -0.00461. The summed E-state index contributed by atoms with van der Waals surface area (Å²) in [6.45, 7) is 4.76. The van der Waals surface area contributed by atoms with E-state index in [2.05, 4.69) is 15.6 Å². The van der Waals surface area contributed by atoms with Crippen molar-refractivity contribution < 1.29 is 4.79 Å². The van der Waals surface area contributed by atoms with Crippen LogP contribution in [-0.2, 0) is 0 Å². The molecule has 1 atom stereocenters. The summed E-state index contributed by atoms with van der Waals surface area (Å²) in [4.78, 5) is 17.8. The first kappa shape index (κ1) is 15.2. The van der Waals surface area contributed by atoms with Crippen LogP contribution in [0, 0.1) is 12.8 Å². The van der Waals surface area contributed by atoms with Crippen molar-refractivity contribution in [1.29, 1.82) is 0 Å². The minimum absolute atomic E-state index is 0.00461. The second kappa shape index (κ2) is 7.03. The van der Waals surface area contributed by atoms with E-state index in [0.717, 1.165) is 35.9 Å². The SMILES string of the molecule is Cc1nc(-c2ccccc2)c(C(=O)NCC2CCCNC2)s1. The number of aromatic nitrogens is 1. The second-order valence-corrected chi connectivity index (χ2v) is 6.90. The van der Waals surface area contributed by atoms with Gasteiger partial charge in [0.05, 0.1) is 10.7 Å². The average molecular weight is 315 g/mol. The molecule has 2 heterocycles. The van der Waals surface area contributed by atoms with E-state index >= 15 is 0 Å². The first-order chi connectivity index (χ1) is 10.7. The number of benzene rings is 1. The predicted molar refractivity (Wildman–Crippen MR) is 90.2 cm³/mol. The summed E-state index contributed by atoms with van der Waals surface area (Å²) in [5.74, 6) is 0.530. The lowest BCUT2D eigenvalue weighted by Crippen LogP contribution is -2.38. The van der Waals surface area contributed by atoms with E-state index in [1.807, 2.05) is 37.3 Å². The number of rotatable bonds is 4. The fraction of sp³-hybridized carbons (Fsp3) is 0.412. The molecule has 5 heteroatoms. The van der Waals surface area contributed by atoms with Gasteiger partial charge in [0, 0.05) is 12.1 Å². The van der Waals surface area contributed by atoms with Gasteiger partial charge in [0.2, 0.25) is 0 Å². The second-order valence-electron chi connectivity index (χ2n) is 5.70. The number of hydrogen-bond acceptors (Lipinski definition) is 4. The van der Waals surface area contributed by atoms with Gasteiger partial charge < -0.3 is 10.6 Å². The van der Waals surface area contributed by atoms with Crippen LogP contribution in [0.4, 0.5) is 0 Å². The Hall–Kier alpha value is -1.72. The van der Waals surface area contributed by atoms with Crippen LogP contribution >= 0.6 is 11.3 Å². The monoisotopic (exact) mass is 315 g/mol. The van der Waals surface area contributed by atoms with Gasteiger partial charge in [0.1, 0.15) is 4.88 Å². The van der Waals surface area contributed by atoms with Crippen LogP contribution in [0.5, 0.6) is 0 Å². The lowest BCUT2D eigenvalue weighted by molar-refractivity contribution is 0.0949. The third-order valence-electron chi connectivity index (χ3n) is 3.94. The van der Waals surface area contributed by atoms with Gasteiger partial charge in [-0.15, -0.1) is 11.3 Å². The third kappa shape index (κ3) is 3.54. The van der Waals surface area contributed by atoms with E-state index in [9.17, 15) is 4.79 Å². The zero-order chi connectivity index (χ0) is 15.4. The molecule has 1 aromatic heterocycles. The number of nitrogens with zero attached hydrogens (tertiary/aromatic N) is 1. The third-order valence-corrected chi connectivity index (χ3v) is 4.91. The molecule has 1 saturated heterocycles. The molecule has 3 rings (SSSR count). The van der Waals surface area contributed by atoms with Crippen LogP contribution in [0.25, 0.3) is 11.3 Å². The number of thiazole rings is 1. The first-order valence-corrected chi connectivity index (χ1v) is 8.57. The van der Waals surface area contributed by atoms with Crippen molar-refractivity contribution >= 4 is 17.2 Å². The molecule has 1 aliphatic rings. The number of piperidine rings is 1. The summed E-state index contributed by atoms with van der Waals surface area (Å²) in [6, 6.07) is 9.91. The Labute approximate surface area is 135 Å². The van der Waals surface area contributed by atoms with Crippen LogP contribution in [0.15, 0.2) is 30.3 Å². The highest BCUT2D eigenvalue weighted by Gasteiger charge is 2.20. The van der Waals surface area contributed by atoms with Crippen molar-refractivity contribution in [1.82, 2.24) is 15.6 Å². The summed E-state index contributed by atoms with van der Waals surface area (Å²) in [7, 11) is 0. The van der Waals surface area contributed by atoms with Gasteiger partial charge in [-0.1, -0.05) is 30.3 Å². The van der Waals surface area contributed by atoms with Gasteiger partial charge in [-0.3, -0.25) is 4.79 Å². The van der Waals surface area contributed by atoms with Crippen LogP contribution in [0.1, 0.15) is 27.5 Å². The molecule has 2 N–H and O–H groups in total. The zero-order valence-electron chi connectivity index (χ0n) is 12.8. The van der Waals surface area contributed by atoms with E-state index in [4.69, 9.17) is 0 Å². The molecule has 1 fully saturated rings. The molecule has 4 nitrogen and oxygen atoms in total. The van der Waals surface area contributed by atoms with Crippen molar-refractivity contribution in [2.75, 3.05) is 19.6 Å². The predicted octanol–water partition coefficient (Wildman–Crippen LogP) is 2.85. The molecule has 0 saturated carbocycles. The van der Waals surface area contributed by atoms with Crippen LogP contribution in [0.3, 0.4) is 0 Å². The molecule has 2 aromatic rings. The van der Waals surface area contributed by atoms with Gasteiger partial charge >= 0.3 is 0 Å². The van der Waals surface area contributed by atoms with E-state index in [0.29, 0.717) is 10.8 Å². The molecule has 22 heavy (non-hydrogen) atoms. The van der Waals surface area contributed by atoms with Crippen LogP contribution in [-0.4, -0.2) is 30.5 Å². The van der Waals surface area contributed by atoms with Gasteiger partial charge in [-0.2, -0.15) is 0 Å². The molecule has 1 aliphatic heterocycles. The Morgan fingerprint density at radius 2 is 2.23 bits per heavy atom. The summed E-state index contributed by atoms with van der Waals surface area (Å²) < 4.78 is 0. The zero-order valence-corrected chi connectivity index (χ0v) is 13.6. The Bertz CT molecular complexity index is 633. The van der Waals surface area contributed by atoms with Crippen molar-refractivity contribution in [3.05, 3.63) is 40.2 Å². The lowest BCUT2D eigenvalue weighted by atomic mass is 10.00. The van der Waals surface area contributed by atoms with Crippen molar-refractivity contribution in [3.8, 4) is 11.3 Å². The minimum Gasteiger partial charge on any atom is -0.351 e. The number of nitrogens with one attached hydrogen (secondary N) is 2. The van der Waals surface area contributed by atoms with E-state index < -0.39 is 0 Å². The number of carbonyl (C=O) groups is 1. The van der Waals surface area contributed by atoms with Gasteiger partial charge in [0.25, 0.3) is 5.91 Å². The maximum Gasteiger partial charge on any atom is 0.263 e. The molecular weight excluding hydrogens is 294 g/mol. The lowest BCUT2D eigenvalue weighted by Gasteiger charge is -2.22. The highest BCUT2D eigenvalue weighted by molar-refractivity contribution is 7.14. The standard InChI is InChI=1S/C17H21N3OS/c1-12-20-15(14-7-3-2-4-8-14)16(22-12)17(21)19-11-13-6-5-9-18-10-13/h2-4,7-8,13,18H,5-6,9-11H2,1H3,(H,19,21). The van der Waals surface area contributed by atoms with Crippen LogP contribution < -0.4 is 10.6 Å². The van der Waals surface area contributed by atoms with Crippen molar-refractivity contribution in [2.45, 2.75) is 19.8 Å². The molecule has 0 spiro atoms. The van der Waals surface area contributed by atoms with E-state index in [-0.39, 0.29) is 5.91 Å². The molecule has 0 radical (unpaired) electrons. The molecule has 116 valence electrons. The van der Waals surface area contributed by atoms with E-state index in [1.54, 1.807) is 0 Å². The average Bonchev–Trinajstić information content (AvgIpc) is 2.96. The normalized spacial score (nSPS) is 18.1. The van der Waals surface area contributed by atoms with Gasteiger partial charge in [0.15, 0.2) is 0 Å². The summed E-state index contributed by atoms with van der Waals surface area (Å²) >= 11 is 1.47. The Morgan fingerprint density at radius 3 is 2.95 bits per heavy atom. The molecule has 1 unspecified atom stereocenters. The largest absolute Gasteiger partial charge is 0.351 e. The molecule has 1 amide bonds. The maximum absolute atomic E-state index is 12.5. The Balaban J connectivity index is 1.72. The Kier molecular flexibility index (Phi) is 4.85. The molecule has 0 aliphatic carbocycles. The fourth-order valence-electron chi connectivity index (χ4n) is 2.79. The quantitative estimate of drug-likeness (QED) is 0.912. The number of carbonyl (C=O) groups excluding carboxylic acids is 1. The fourth-order valence-corrected chi connectivity index (χ4v) is 3.65. The smallest absolute Gasteiger partial charge is 0.263 e. The maximum atomic E-state index is 12.5. The highest BCUT2D eigenvalue weighted by atomic mass is 32.1. The number of amides is 1. The molecular formula is C17H21N3OS. The highest BCUT2D eigenvalue weighted by Crippen LogP contribution is 2.27. The Morgan fingerprint density at radius 1 is 1.41 bits per heavy atom. The number of aryl methyl sites for hydroxylation is 1. The number of hydrogen-bond donors (Lipinski definition) is 2. The van der Waals surface area contributed by atoms with Gasteiger partial charge in [-0.25, -0.2) is 4.98 Å². The summed E-state index contributed by atoms with van der Waals surface area (Å²) in [5, 5.41) is 7.38.